The monoisotopic (exact) mass is 258 g/mol. The zero-order chi connectivity index (χ0) is 12.8. The molecular formula is C12H19ClN2O2. The minimum atomic E-state index is -0.194. The number of hydrogen-bond acceptors (Lipinski definition) is 3. The van der Waals surface area contributed by atoms with Crippen LogP contribution in [0.3, 0.4) is 0 Å². The Balaban J connectivity index is 2.57. The van der Waals surface area contributed by atoms with Gasteiger partial charge in [0, 0.05) is 25.2 Å². The van der Waals surface area contributed by atoms with Crippen LogP contribution in [0.15, 0.2) is 6.20 Å². The highest BCUT2D eigenvalue weighted by Crippen LogP contribution is 2.28. The highest BCUT2D eigenvalue weighted by atomic mass is 35.5. The standard InChI is InChI=1S/C12H19ClN2O2/c1-4-11-9(8-15(3)14-11)10(13)6-7-12(16)17-5-2/h8,10H,4-7H2,1-3H3. The lowest BCUT2D eigenvalue weighted by Gasteiger charge is -2.08. The van der Waals surface area contributed by atoms with Gasteiger partial charge in [0.25, 0.3) is 0 Å². The lowest BCUT2D eigenvalue weighted by Crippen LogP contribution is -2.05. The second-order valence-electron chi connectivity index (χ2n) is 3.87. The summed E-state index contributed by atoms with van der Waals surface area (Å²) in [6.45, 7) is 4.26. The summed E-state index contributed by atoms with van der Waals surface area (Å²) in [4.78, 5) is 11.2. The molecule has 0 aliphatic heterocycles. The molecule has 1 aromatic rings. The zero-order valence-electron chi connectivity index (χ0n) is 10.6. The predicted molar refractivity (Wildman–Crippen MR) is 67.0 cm³/mol. The fourth-order valence-corrected chi connectivity index (χ4v) is 2.01. The van der Waals surface area contributed by atoms with Gasteiger partial charge in [-0.1, -0.05) is 6.92 Å². The van der Waals surface area contributed by atoms with E-state index in [0.717, 1.165) is 17.7 Å². The van der Waals surface area contributed by atoms with Crippen molar-refractivity contribution in [1.29, 1.82) is 0 Å². The van der Waals surface area contributed by atoms with Crippen molar-refractivity contribution < 1.29 is 9.53 Å². The number of aryl methyl sites for hydroxylation is 2. The minimum absolute atomic E-state index is 0.178. The number of hydrogen-bond donors (Lipinski definition) is 0. The average Bonchev–Trinajstić information content (AvgIpc) is 2.68. The molecule has 1 aromatic heterocycles. The Labute approximate surface area is 107 Å². The van der Waals surface area contributed by atoms with Crippen molar-refractivity contribution in [3.05, 3.63) is 17.5 Å². The SMILES string of the molecule is CCOC(=O)CCC(Cl)c1cn(C)nc1CC. The normalized spacial score (nSPS) is 12.5. The Hall–Kier alpha value is -1.03. The highest BCUT2D eigenvalue weighted by molar-refractivity contribution is 6.20. The molecule has 1 rings (SSSR count). The molecule has 0 N–H and O–H groups in total. The van der Waals surface area contributed by atoms with Crippen molar-refractivity contribution >= 4 is 17.6 Å². The van der Waals surface area contributed by atoms with Crippen LogP contribution in [-0.4, -0.2) is 22.4 Å². The predicted octanol–water partition coefficient (Wildman–Crippen LogP) is 2.61. The van der Waals surface area contributed by atoms with Gasteiger partial charge in [0.05, 0.1) is 17.7 Å². The lowest BCUT2D eigenvalue weighted by atomic mass is 10.1. The van der Waals surface area contributed by atoms with E-state index in [-0.39, 0.29) is 11.3 Å². The van der Waals surface area contributed by atoms with Crippen LogP contribution in [0.25, 0.3) is 0 Å². The summed E-state index contributed by atoms with van der Waals surface area (Å²) in [6.07, 6.45) is 3.69. The summed E-state index contributed by atoms with van der Waals surface area (Å²) < 4.78 is 6.63. The molecule has 0 aromatic carbocycles. The first-order chi connectivity index (χ1) is 8.08. The number of nitrogens with zero attached hydrogens (tertiary/aromatic N) is 2. The molecule has 0 saturated carbocycles. The van der Waals surface area contributed by atoms with Crippen LogP contribution in [0.4, 0.5) is 0 Å². The van der Waals surface area contributed by atoms with Gasteiger partial charge >= 0.3 is 5.97 Å². The first kappa shape index (κ1) is 14.0. The van der Waals surface area contributed by atoms with Crippen LogP contribution in [0.5, 0.6) is 0 Å². The second kappa shape index (κ2) is 6.64. The third-order valence-corrected chi connectivity index (χ3v) is 2.97. The van der Waals surface area contributed by atoms with E-state index in [4.69, 9.17) is 16.3 Å². The van der Waals surface area contributed by atoms with E-state index in [9.17, 15) is 4.79 Å². The van der Waals surface area contributed by atoms with Crippen LogP contribution in [0.1, 0.15) is 43.3 Å². The molecular weight excluding hydrogens is 240 g/mol. The van der Waals surface area contributed by atoms with Gasteiger partial charge in [-0.05, 0) is 19.8 Å². The summed E-state index contributed by atoms with van der Waals surface area (Å²) in [5.41, 5.74) is 2.01. The first-order valence-corrected chi connectivity index (χ1v) is 6.34. The molecule has 0 spiro atoms. The Kier molecular flexibility index (Phi) is 5.48. The number of carbonyl (C=O) groups excluding carboxylic acids is 1. The molecule has 1 unspecified atom stereocenters. The van der Waals surface area contributed by atoms with Crippen LogP contribution < -0.4 is 0 Å². The second-order valence-corrected chi connectivity index (χ2v) is 4.40. The maximum Gasteiger partial charge on any atom is 0.305 e. The van der Waals surface area contributed by atoms with Gasteiger partial charge in [0.2, 0.25) is 0 Å². The number of esters is 1. The van der Waals surface area contributed by atoms with Crippen molar-refractivity contribution in [2.24, 2.45) is 7.05 Å². The van der Waals surface area contributed by atoms with Crippen molar-refractivity contribution in [3.8, 4) is 0 Å². The maximum atomic E-state index is 11.2. The van der Waals surface area contributed by atoms with Gasteiger partial charge in [-0.2, -0.15) is 5.10 Å². The van der Waals surface area contributed by atoms with E-state index in [1.165, 1.54) is 0 Å². The van der Waals surface area contributed by atoms with E-state index in [1.54, 1.807) is 11.6 Å². The van der Waals surface area contributed by atoms with E-state index < -0.39 is 0 Å². The van der Waals surface area contributed by atoms with E-state index in [2.05, 4.69) is 5.10 Å². The minimum Gasteiger partial charge on any atom is -0.466 e. The molecule has 0 radical (unpaired) electrons. The van der Waals surface area contributed by atoms with Crippen LogP contribution >= 0.6 is 11.6 Å². The fraction of sp³-hybridized carbons (Fsp3) is 0.667. The molecule has 17 heavy (non-hydrogen) atoms. The van der Waals surface area contributed by atoms with Gasteiger partial charge in [-0.3, -0.25) is 9.48 Å². The topological polar surface area (TPSA) is 44.1 Å². The first-order valence-electron chi connectivity index (χ1n) is 5.90. The Bertz CT molecular complexity index is 377. The summed E-state index contributed by atoms with van der Waals surface area (Å²) in [5.74, 6) is -0.194. The lowest BCUT2D eigenvalue weighted by molar-refractivity contribution is -0.143. The summed E-state index contributed by atoms with van der Waals surface area (Å²) in [7, 11) is 1.87. The van der Waals surface area contributed by atoms with Crippen LogP contribution in [0.2, 0.25) is 0 Å². The summed E-state index contributed by atoms with van der Waals surface area (Å²) in [6, 6.07) is 0. The maximum absolute atomic E-state index is 11.2. The zero-order valence-corrected chi connectivity index (χ0v) is 11.3. The molecule has 5 heteroatoms. The van der Waals surface area contributed by atoms with Crippen molar-refractivity contribution in [2.45, 2.75) is 38.5 Å². The Morgan fingerprint density at radius 3 is 2.88 bits per heavy atom. The summed E-state index contributed by atoms with van der Waals surface area (Å²) in [5, 5.41) is 4.15. The van der Waals surface area contributed by atoms with Crippen LogP contribution in [0, 0.1) is 0 Å². The largest absolute Gasteiger partial charge is 0.466 e. The smallest absolute Gasteiger partial charge is 0.305 e. The molecule has 0 aliphatic rings. The molecule has 0 saturated heterocycles. The van der Waals surface area contributed by atoms with Gasteiger partial charge in [-0.15, -0.1) is 11.6 Å². The Morgan fingerprint density at radius 2 is 2.29 bits per heavy atom. The molecule has 0 amide bonds. The van der Waals surface area contributed by atoms with E-state index >= 15 is 0 Å². The highest BCUT2D eigenvalue weighted by Gasteiger charge is 2.16. The quantitative estimate of drug-likeness (QED) is 0.582. The van der Waals surface area contributed by atoms with E-state index in [0.29, 0.717) is 19.4 Å². The van der Waals surface area contributed by atoms with Gasteiger partial charge in [0.1, 0.15) is 0 Å². The molecule has 96 valence electrons. The number of halogens is 1. The van der Waals surface area contributed by atoms with Crippen LogP contribution in [-0.2, 0) is 23.0 Å². The van der Waals surface area contributed by atoms with E-state index in [1.807, 2.05) is 20.2 Å². The molecule has 4 nitrogen and oxygen atoms in total. The number of ether oxygens (including phenoxy) is 1. The van der Waals surface area contributed by atoms with Crippen molar-refractivity contribution in [1.82, 2.24) is 9.78 Å². The molecule has 0 aliphatic carbocycles. The van der Waals surface area contributed by atoms with Crippen molar-refractivity contribution in [3.63, 3.8) is 0 Å². The molecule has 1 atom stereocenters. The molecule has 0 fully saturated rings. The molecule has 1 heterocycles. The number of rotatable bonds is 6. The number of carbonyl (C=O) groups is 1. The summed E-state index contributed by atoms with van der Waals surface area (Å²) >= 11 is 6.29. The third kappa shape index (κ3) is 4.04. The number of alkyl halides is 1. The average molecular weight is 259 g/mol. The van der Waals surface area contributed by atoms with Gasteiger partial charge in [-0.25, -0.2) is 0 Å². The number of aromatic nitrogens is 2. The third-order valence-electron chi connectivity index (χ3n) is 2.52. The molecule has 0 bridgehead atoms. The van der Waals surface area contributed by atoms with Crippen molar-refractivity contribution in [2.75, 3.05) is 6.61 Å². The van der Waals surface area contributed by atoms with Gasteiger partial charge in [0.15, 0.2) is 0 Å². The van der Waals surface area contributed by atoms with Gasteiger partial charge < -0.3 is 4.74 Å². The Morgan fingerprint density at radius 1 is 1.59 bits per heavy atom. The fourth-order valence-electron chi connectivity index (χ4n) is 1.72.